The first-order valence-corrected chi connectivity index (χ1v) is 9.83. The molecule has 0 aromatic heterocycles. The number of benzene rings is 2. The number of anilines is 1. The van der Waals surface area contributed by atoms with Crippen molar-refractivity contribution in [2.45, 2.75) is 19.6 Å². The Balaban J connectivity index is 2.48. The van der Waals surface area contributed by atoms with Gasteiger partial charge in [-0.1, -0.05) is 0 Å². The fourth-order valence-electron chi connectivity index (χ4n) is 2.47. The first kappa shape index (κ1) is 20.7. The SMILES string of the molecule is CCOP(=O)(OCC)C(Nc1ccc([N+](=O)[O-])cc1)c1ccc(O)cc1O. The molecular formula is C17H21N2O7P. The summed E-state index contributed by atoms with van der Waals surface area (Å²) in [5, 5.41) is 33.5. The van der Waals surface area contributed by atoms with Crippen molar-refractivity contribution in [2.24, 2.45) is 0 Å². The molecule has 1 unspecified atom stereocenters. The van der Waals surface area contributed by atoms with Gasteiger partial charge in [-0.05, 0) is 38.1 Å². The van der Waals surface area contributed by atoms with Crippen LogP contribution in [0.4, 0.5) is 11.4 Å². The molecule has 9 nitrogen and oxygen atoms in total. The summed E-state index contributed by atoms with van der Waals surface area (Å²) in [6, 6.07) is 9.34. The van der Waals surface area contributed by atoms with Crippen LogP contribution in [0.1, 0.15) is 25.2 Å². The lowest BCUT2D eigenvalue weighted by Crippen LogP contribution is -2.15. The molecule has 2 aromatic carbocycles. The van der Waals surface area contributed by atoms with Gasteiger partial charge >= 0.3 is 7.60 Å². The Hall–Kier alpha value is -2.61. The molecule has 10 heteroatoms. The number of phenols is 2. The summed E-state index contributed by atoms with van der Waals surface area (Å²) in [5.74, 6) is -1.55. The molecule has 0 aliphatic rings. The van der Waals surface area contributed by atoms with Crippen molar-refractivity contribution in [3.05, 3.63) is 58.1 Å². The lowest BCUT2D eigenvalue weighted by Gasteiger charge is -2.28. The normalized spacial score (nSPS) is 12.5. The van der Waals surface area contributed by atoms with E-state index in [1.54, 1.807) is 13.8 Å². The highest BCUT2D eigenvalue weighted by Crippen LogP contribution is 2.62. The summed E-state index contributed by atoms with van der Waals surface area (Å²) < 4.78 is 24.1. The maximum Gasteiger partial charge on any atom is 0.357 e. The molecule has 0 fully saturated rings. The first-order chi connectivity index (χ1) is 12.8. The number of phenolic OH excluding ortho intramolecular Hbond substituents is 2. The number of nitrogens with zero attached hydrogens (tertiary/aromatic N) is 1. The van der Waals surface area contributed by atoms with E-state index in [1.165, 1.54) is 36.4 Å². The number of non-ortho nitro benzene ring substituents is 1. The van der Waals surface area contributed by atoms with E-state index < -0.39 is 18.3 Å². The van der Waals surface area contributed by atoms with Crippen LogP contribution in [0.5, 0.6) is 11.5 Å². The monoisotopic (exact) mass is 396 g/mol. The van der Waals surface area contributed by atoms with Gasteiger partial charge in [0.05, 0.1) is 18.1 Å². The van der Waals surface area contributed by atoms with Crippen LogP contribution in [0, 0.1) is 10.1 Å². The van der Waals surface area contributed by atoms with E-state index in [0.717, 1.165) is 6.07 Å². The van der Waals surface area contributed by atoms with Gasteiger partial charge in [0.2, 0.25) is 0 Å². The molecule has 0 bridgehead atoms. The minimum Gasteiger partial charge on any atom is -0.508 e. The number of rotatable bonds is 9. The second-order valence-corrected chi connectivity index (χ2v) is 7.58. The fourth-order valence-corrected chi connectivity index (χ4v) is 4.43. The van der Waals surface area contributed by atoms with Crippen LogP contribution in [0.3, 0.4) is 0 Å². The molecule has 0 aliphatic carbocycles. The molecule has 2 rings (SSSR count). The zero-order valence-electron chi connectivity index (χ0n) is 14.9. The Morgan fingerprint density at radius 1 is 1.11 bits per heavy atom. The van der Waals surface area contributed by atoms with Gasteiger partial charge in [-0.15, -0.1) is 0 Å². The van der Waals surface area contributed by atoms with Crippen LogP contribution in [-0.4, -0.2) is 28.4 Å². The van der Waals surface area contributed by atoms with E-state index in [0.29, 0.717) is 5.69 Å². The average molecular weight is 396 g/mol. The number of hydrogen-bond acceptors (Lipinski definition) is 8. The van der Waals surface area contributed by atoms with E-state index >= 15 is 0 Å². The maximum atomic E-state index is 13.3. The van der Waals surface area contributed by atoms with E-state index in [4.69, 9.17) is 9.05 Å². The van der Waals surface area contributed by atoms with Gasteiger partial charge in [-0.2, -0.15) is 0 Å². The predicted octanol–water partition coefficient (Wildman–Crippen LogP) is 4.38. The largest absolute Gasteiger partial charge is 0.508 e. The second-order valence-electron chi connectivity index (χ2n) is 5.47. The molecule has 0 radical (unpaired) electrons. The zero-order valence-corrected chi connectivity index (χ0v) is 15.8. The molecule has 0 spiro atoms. The third kappa shape index (κ3) is 4.97. The summed E-state index contributed by atoms with van der Waals surface area (Å²) >= 11 is 0. The van der Waals surface area contributed by atoms with Crippen molar-refractivity contribution in [3.63, 3.8) is 0 Å². The van der Waals surface area contributed by atoms with Crippen LogP contribution in [0.25, 0.3) is 0 Å². The Morgan fingerprint density at radius 2 is 1.70 bits per heavy atom. The van der Waals surface area contributed by atoms with Gasteiger partial charge in [0.25, 0.3) is 5.69 Å². The highest BCUT2D eigenvalue weighted by Gasteiger charge is 2.38. The predicted molar refractivity (Wildman–Crippen MR) is 100 cm³/mol. The molecule has 0 amide bonds. The van der Waals surface area contributed by atoms with Crippen molar-refractivity contribution in [1.82, 2.24) is 0 Å². The molecule has 27 heavy (non-hydrogen) atoms. The van der Waals surface area contributed by atoms with E-state index in [1.807, 2.05) is 0 Å². The van der Waals surface area contributed by atoms with Gasteiger partial charge in [0, 0.05) is 29.4 Å². The first-order valence-electron chi connectivity index (χ1n) is 8.22. The van der Waals surface area contributed by atoms with E-state index in [9.17, 15) is 24.9 Å². The van der Waals surface area contributed by atoms with Crippen molar-refractivity contribution < 1.29 is 28.7 Å². The molecule has 146 valence electrons. The van der Waals surface area contributed by atoms with Gasteiger partial charge < -0.3 is 24.6 Å². The Bertz CT molecular complexity index is 832. The van der Waals surface area contributed by atoms with Crippen LogP contribution in [0.15, 0.2) is 42.5 Å². The van der Waals surface area contributed by atoms with Gasteiger partial charge in [-0.3, -0.25) is 14.7 Å². The minimum absolute atomic E-state index is 0.0950. The molecule has 1 atom stereocenters. The number of nitro groups is 1. The molecule has 0 saturated carbocycles. The van der Waals surface area contributed by atoms with Crippen LogP contribution < -0.4 is 5.32 Å². The maximum absolute atomic E-state index is 13.3. The Morgan fingerprint density at radius 3 is 2.19 bits per heavy atom. The van der Waals surface area contributed by atoms with Crippen molar-refractivity contribution in [1.29, 1.82) is 0 Å². The molecule has 2 aromatic rings. The number of aromatic hydroxyl groups is 2. The molecule has 0 saturated heterocycles. The summed E-state index contributed by atoms with van der Waals surface area (Å²) in [5.41, 5.74) is 0.511. The zero-order chi connectivity index (χ0) is 20.0. The van der Waals surface area contributed by atoms with Crippen LogP contribution in [0.2, 0.25) is 0 Å². The quantitative estimate of drug-likeness (QED) is 0.323. The van der Waals surface area contributed by atoms with Crippen LogP contribution in [-0.2, 0) is 13.6 Å². The van der Waals surface area contributed by atoms with Crippen molar-refractivity contribution >= 4 is 19.0 Å². The summed E-state index contributed by atoms with van der Waals surface area (Å²) in [7, 11) is -3.78. The molecule has 3 N–H and O–H groups in total. The molecule has 0 aliphatic heterocycles. The second kappa shape index (κ2) is 8.85. The number of hydrogen-bond donors (Lipinski definition) is 3. The fraction of sp³-hybridized carbons (Fsp3) is 0.294. The minimum atomic E-state index is -3.78. The Kier molecular flexibility index (Phi) is 6.79. The summed E-state index contributed by atoms with van der Waals surface area (Å²) in [6.45, 7) is 3.53. The lowest BCUT2D eigenvalue weighted by molar-refractivity contribution is -0.384. The van der Waals surface area contributed by atoms with Crippen molar-refractivity contribution in [2.75, 3.05) is 18.5 Å². The van der Waals surface area contributed by atoms with Gasteiger partial charge in [-0.25, -0.2) is 0 Å². The number of nitro benzene ring substituents is 1. The van der Waals surface area contributed by atoms with E-state index in [-0.39, 0.29) is 36.0 Å². The van der Waals surface area contributed by atoms with Crippen molar-refractivity contribution in [3.8, 4) is 11.5 Å². The smallest absolute Gasteiger partial charge is 0.357 e. The highest BCUT2D eigenvalue weighted by atomic mass is 31.2. The van der Waals surface area contributed by atoms with E-state index in [2.05, 4.69) is 5.32 Å². The Labute approximate surface area is 156 Å². The van der Waals surface area contributed by atoms with Gasteiger partial charge in [0.1, 0.15) is 11.5 Å². The third-order valence-corrected chi connectivity index (χ3v) is 5.90. The average Bonchev–Trinajstić information content (AvgIpc) is 2.61. The molecule has 0 heterocycles. The van der Waals surface area contributed by atoms with Crippen LogP contribution >= 0.6 is 7.60 Å². The molecular weight excluding hydrogens is 375 g/mol. The lowest BCUT2D eigenvalue weighted by atomic mass is 10.1. The topological polar surface area (TPSA) is 131 Å². The summed E-state index contributed by atoms with van der Waals surface area (Å²) in [4.78, 5) is 10.3. The summed E-state index contributed by atoms with van der Waals surface area (Å²) in [6.07, 6.45) is 0. The third-order valence-electron chi connectivity index (χ3n) is 3.62. The van der Waals surface area contributed by atoms with Gasteiger partial charge in [0.15, 0.2) is 5.78 Å². The number of nitrogens with one attached hydrogen (secondary N) is 1. The standard InChI is InChI=1S/C17H21N2O7P/c1-3-25-27(24,26-4-2)17(15-10-9-14(20)11-16(15)21)18-12-5-7-13(8-6-12)19(22)23/h5-11,17-18,20-21H,3-4H2,1-2H3. The highest BCUT2D eigenvalue weighted by molar-refractivity contribution is 7.54.